The fourth-order valence-electron chi connectivity index (χ4n) is 2.44. The van der Waals surface area contributed by atoms with Crippen LogP contribution in [0.3, 0.4) is 0 Å². The molecule has 0 aliphatic rings. The number of aliphatic hydroxyl groups is 1. The molecule has 1 unspecified atom stereocenters. The van der Waals surface area contributed by atoms with E-state index < -0.39 is 11.9 Å². The zero-order valence-electron chi connectivity index (χ0n) is 12.6. The van der Waals surface area contributed by atoms with Crippen LogP contribution >= 0.6 is 0 Å². The van der Waals surface area contributed by atoms with Gasteiger partial charge in [0.1, 0.15) is 11.6 Å². The van der Waals surface area contributed by atoms with Crippen LogP contribution in [-0.2, 0) is 19.4 Å². The maximum absolute atomic E-state index is 14.0. The minimum atomic E-state index is -0.965. The molecule has 5 heteroatoms. The number of aromatic nitrogens is 2. The molecule has 0 fully saturated rings. The van der Waals surface area contributed by atoms with Crippen LogP contribution in [0.4, 0.5) is 4.39 Å². The highest BCUT2D eigenvalue weighted by Gasteiger charge is 2.20. The number of aliphatic hydroxyl groups excluding tert-OH is 1. The molecule has 0 saturated carbocycles. The number of hydrogen-bond acceptors (Lipinski definition) is 3. The third-order valence-electron chi connectivity index (χ3n) is 3.54. The average molecular weight is 292 g/mol. The first-order valence-electron chi connectivity index (χ1n) is 7.16. The summed E-state index contributed by atoms with van der Waals surface area (Å²) < 4.78 is 21.0. The number of hydrogen-bond donors (Lipinski definition) is 1. The standard InChI is InChI=1S/C16H21FN2O2/c1-4-11-9-12(19(5-2)18-11)10-14(20)16-13(17)7-6-8-15(16)21-3/h6-9,14,20H,4-5,10H2,1-3H3. The molecule has 1 N–H and O–H groups in total. The van der Waals surface area contributed by atoms with Gasteiger partial charge in [0.25, 0.3) is 0 Å². The lowest BCUT2D eigenvalue weighted by Crippen LogP contribution is -2.11. The summed E-state index contributed by atoms with van der Waals surface area (Å²) in [6, 6.07) is 6.50. The molecular formula is C16H21FN2O2. The number of methoxy groups -OCH3 is 1. The number of halogens is 1. The van der Waals surface area contributed by atoms with E-state index in [0.717, 1.165) is 24.4 Å². The Kier molecular flexibility index (Phi) is 4.96. The Bertz CT molecular complexity index is 610. The first kappa shape index (κ1) is 15.5. The monoisotopic (exact) mass is 292 g/mol. The van der Waals surface area contributed by atoms with E-state index in [-0.39, 0.29) is 5.56 Å². The number of nitrogens with zero attached hydrogens (tertiary/aromatic N) is 2. The van der Waals surface area contributed by atoms with Crippen LogP contribution in [0, 0.1) is 5.82 Å². The zero-order chi connectivity index (χ0) is 15.4. The van der Waals surface area contributed by atoms with Crippen molar-refractivity contribution in [3.63, 3.8) is 0 Å². The van der Waals surface area contributed by atoms with Gasteiger partial charge in [-0.25, -0.2) is 4.39 Å². The Morgan fingerprint density at radius 2 is 2.14 bits per heavy atom. The van der Waals surface area contributed by atoms with Crippen molar-refractivity contribution in [1.82, 2.24) is 9.78 Å². The van der Waals surface area contributed by atoms with Crippen molar-refractivity contribution in [2.75, 3.05) is 7.11 Å². The summed E-state index contributed by atoms with van der Waals surface area (Å²) in [7, 11) is 1.47. The fourth-order valence-corrected chi connectivity index (χ4v) is 2.44. The lowest BCUT2D eigenvalue weighted by molar-refractivity contribution is 0.166. The van der Waals surface area contributed by atoms with Crippen LogP contribution in [0.1, 0.15) is 36.9 Å². The Morgan fingerprint density at radius 3 is 2.76 bits per heavy atom. The van der Waals surface area contributed by atoms with Gasteiger partial charge in [-0.1, -0.05) is 13.0 Å². The van der Waals surface area contributed by atoms with E-state index in [1.807, 2.05) is 24.6 Å². The first-order valence-corrected chi connectivity index (χ1v) is 7.16. The first-order chi connectivity index (χ1) is 10.1. The van der Waals surface area contributed by atoms with E-state index in [4.69, 9.17) is 4.74 Å². The normalized spacial score (nSPS) is 12.4. The largest absolute Gasteiger partial charge is 0.496 e. The van der Waals surface area contributed by atoms with Crippen LogP contribution in [0.2, 0.25) is 0 Å². The van der Waals surface area contributed by atoms with E-state index >= 15 is 0 Å². The van der Waals surface area contributed by atoms with Gasteiger partial charge < -0.3 is 9.84 Å². The third-order valence-corrected chi connectivity index (χ3v) is 3.54. The topological polar surface area (TPSA) is 47.3 Å². The summed E-state index contributed by atoms with van der Waals surface area (Å²) in [5.41, 5.74) is 2.06. The number of benzene rings is 1. The predicted octanol–water partition coefficient (Wildman–Crippen LogP) is 2.89. The molecule has 1 heterocycles. The molecule has 4 nitrogen and oxygen atoms in total. The van der Waals surface area contributed by atoms with E-state index in [0.29, 0.717) is 12.2 Å². The highest BCUT2D eigenvalue weighted by atomic mass is 19.1. The Morgan fingerprint density at radius 1 is 1.38 bits per heavy atom. The zero-order valence-corrected chi connectivity index (χ0v) is 12.6. The fraction of sp³-hybridized carbons (Fsp3) is 0.438. The number of ether oxygens (including phenoxy) is 1. The molecule has 0 amide bonds. The van der Waals surface area contributed by atoms with Crippen molar-refractivity contribution in [2.24, 2.45) is 0 Å². The maximum atomic E-state index is 14.0. The van der Waals surface area contributed by atoms with E-state index in [1.165, 1.54) is 13.2 Å². The summed E-state index contributed by atoms with van der Waals surface area (Å²) in [5.74, 6) is -0.0964. The molecule has 0 spiro atoms. The van der Waals surface area contributed by atoms with Gasteiger partial charge >= 0.3 is 0 Å². The van der Waals surface area contributed by atoms with Crippen molar-refractivity contribution < 1.29 is 14.2 Å². The highest BCUT2D eigenvalue weighted by molar-refractivity contribution is 5.37. The number of aryl methyl sites for hydroxylation is 2. The van der Waals surface area contributed by atoms with Gasteiger partial charge in [-0.2, -0.15) is 5.10 Å². The second-order valence-corrected chi connectivity index (χ2v) is 4.87. The molecule has 0 aliphatic heterocycles. The SMILES string of the molecule is CCc1cc(CC(O)c2c(F)cccc2OC)n(CC)n1. The van der Waals surface area contributed by atoms with Gasteiger partial charge in [-0.05, 0) is 31.5 Å². The van der Waals surface area contributed by atoms with E-state index in [9.17, 15) is 9.50 Å². The Labute approximate surface area is 124 Å². The quantitative estimate of drug-likeness (QED) is 0.890. The summed E-state index contributed by atoms with van der Waals surface area (Å²) in [6.07, 6.45) is 0.171. The molecule has 0 saturated heterocycles. The van der Waals surface area contributed by atoms with Gasteiger partial charge in [0, 0.05) is 18.7 Å². The Balaban J connectivity index is 2.30. The second-order valence-electron chi connectivity index (χ2n) is 4.87. The molecule has 2 aromatic rings. The van der Waals surface area contributed by atoms with Gasteiger partial charge in [0.2, 0.25) is 0 Å². The predicted molar refractivity (Wildman–Crippen MR) is 78.9 cm³/mol. The van der Waals surface area contributed by atoms with Gasteiger partial charge in [-0.3, -0.25) is 4.68 Å². The number of rotatable bonds is 6. The molecule has 1 aromatic carbocycles. The molecule has 0 bridgehead atoms. The molecule has 21 heavy (non-hydrogen) atoms. The average Bonchev–Trinajstić information content (AvgIpc) is 2.88. The van der Waals surface area contributed by atoms with Gasteiger partial charge in [-0.15, -0.1) is 0 Å². The van der Waals surface area contributed by atoms with Crippen LogP contribution in [-0.4, -0.2) is 22.0 Å². The lowest BCUT2D eigenvalue weighted by atomic mass is 10.0. The molecule has 0 aliphatic carbocycles. The van der Waals surface area contributed by atoms with Crippen LogP contribution in [0.5, 0.6) is 5.75 Å². The summed E-state index contributed by atoms with van der Waals surface area (Å²) in [5, 5.41) is 14.8. The Hall–Kier alpha value is -1.88. The van der Waals surface area contributed by atoms with Crippen LogP contribution < -0.4 is 4.74 Å². The molecule has 1 aromatic heterocycles. The van der Waals surface area contributed by atoms with E-state index in [2.05, 4.69) is 5.10 Å². The molecular weight excluding hydrogens is 271 g/mol. The van der Waals surface area contributed by atoms with Crippen LogP contribution in [0.25, 0.3) is 0 Å². The van der Waals surface area contributed by atoms with Crippen molar-refractivity contribution in [1.29, 1.82) is 0 Å². The van der Waals surface area contributed by atoms with Gasteiger partial charge in [0.05, 0.1) is 24.5 Å². The highest BCUT2D eigenvalue weighted by Crippen LogP contribution is 2.30. The lowest BCUT2D eigenvalue weighted by Gasteiger charge is -2.16. The van der Waals surface area contributed by atoms with Crippen LogP contribution in [0.15, 0.2) is 24.3 Å². The summed E-state index contributed by atoms with van der Waals surface area (Å²) in [4.78, 5) is 0. The molecule has 114 valence electrons. The second kappa shape index (κ2) is 6.72. The minimum absolute atomic E-state index is 0.196. The van der Waals surface area contributed by atoms with Crippen molar-refractivity contribution in [2.45, 2.75) is 39.3 Å². The summed E-state index contributed by atoms with van der Waals surface area (Å²) in [6.45, 7) is 4.74. The molecule has 0 radical (unpaired) electrons. The van der Waals surface area contributed by atoms with Crippen molar-refractivity contribution in [3.05, 3.63) is 47.0 Å². The van der Waals surface area contributed by atoms with Crippen molar-refractivity contribution >= 4 is 0 Å². The minimum Gasteiger partial charge on any atom is -0.496 e. The van der Waals surface area contributed by atoms with E-state index in [1.54, 1.807) is 12.1 Å². The smallest absolute Gasteiger partial charge is 0.132 e. The summed E-state index contributed by atoms with van der Waals surface area (Å²) >= 11 is 0. The maximum Gasteiger partial charge on any atom is 0.132 e. The third kappa shape index (κ3) is 3.24. The van der Waals surface area contributed by atoms with Gasteiger partial charge in [0.15, 0.2) is 0 Å². The van der Waals surface area contributed by atoms with Crippen molar-refractivity contribution in [3.8, 4) is 5.75 Å². The molecule has 1 atom stereocenters. The molecule has 2 rings (SSSR count).